The van der Waals surface area contributed by atoms with E-state index in [2.05, 4.69) is 5.32 Å². The molecular weight excluding hydrogens is 308 g/mol. The highest BCUT2D eigenvalue weighted by molar-refractivity contribution is 7.91. The van der Waals surface area contributed by atoms with Crippen LogP contribution in [0.2, 0.25) is 4.34 Å². The molecule has 3 heterocycles. The number of sulfonamides is 1. The summed E-state index contributed by atoms with van der Waals surface area (Å²) >= 11 is 6.88. The number of nitrogens with zero attached hydrogens (tertiary/aromatic N) is 1. The van der Waals surface area contributed by atoms with Crippen LogP contribution in [0.5, 0.6) is 0 Å². The smallest absolute Gasteiger partial charge is 0.252 e. The molecule has 0 spiro atoms. The van der Waals surface area contributed by atoms with Gasteiger partial charge in [0.15, 0.2) is 0 Å². The number of hydrogen-bond acceptors (Lipinski definition) is 5. The van der Waals surface area contributed by atoms with Gasteiger partial charge < -0.3 is 10.4 Å². The highest BCUT2D eigenvalue weighted by Gasteiger charge is 2.52. The number of halogens is 1. The van der Waals surface area contributed by atoms with Gasteiger partial charge in [-0.05, 0) is 24.6 Å². The molecule has 1 aromatic heterocycles. The Kier molecular flexibility index (Phi) is 3.40. The fourth-order valence-electron chi connectivity index (χ4n) is 2.94. The summed E-state index contributed by atoms with van der Waals surface area (Å²) in [6, 6.07) is 3.14. The quantitative estimate of drug-likeness (QED) is 0.855. The molecule has 0 radical (unpaired) electrons. The van der Waals surface area contributed by atoms with Crippen LogP contribution in [0.1, 0.15) is 0 Å². The Bertz CT molecular complexity index is 589. The van der Waals surface area contributed by atoms with Crippen LogP contribution in [0.4, 0.5) is 0 Å². The summed E-state index contributed by atoms with van der Waals surface area (Å²) in [5, 5.41) is 12.8. The van der Waals surface area contributed by atoms with E-state index in [1.54, 1.807) is 12.1 Å². The third-order valence-corrected chi connectivity index (χ3v) is 7.62. The van der Waals surface area contributed by atoms with Crippen molar-refractivity contribution in [2.75, 3.05) is 32.8 Å². The lowest BCUT2D eigenvalue weighted by atomic mass is 9.82. The van der Waals surface area contributed by atoms with Crippen LogP contribution in [0.3, 0.4) is 0 Å². The largest absolute Gasteiger partial charge is 0.396 e. The Balaban J connectivity index is 1.89. The maximum Gasteiger partial charge on any atom is 0.252 e. The zero-order valence-electron chi connectivity index (χ0n) is 10.2. The normalized spacial score (nSPS) is 31.8. The SMILES string of the molecule is O=S(=O)(c1ccc(Cl)s1)N1CC2CNCC2(CO)C1. The summed E-state index contributed by atoms with van der Waals surface area (Å²) in [7, 11) is -3.48. The number of aliphatic hydroxyl groups excluding tert-OH is 1. The molecule has 2 saturated heterocycles. The summed E-state index contributed by atoms with van der Waals surface area (Å²) in [6.45, 7) is 2.29. The number of nitrogens with one attached hydrogen (secondary N) is 1. The van der Waals surface area contributed by atoms with E-state index >= 15 is 0 Å². The molecule has 0 amide bonds. The molecule has 2 unspecified atom stereocenters. The van der Waals surface area contributed by atoms with E-state index in [9.17, 15) is 13.5 Å². The first-order valence-electron chi connectivity index (χ1n) is 6.05. The van der Waals surface area contributed by atoms with E-state index in [1.807, 2.05) is 0 Å². The molecule has 19 heavy (non-hydrogen) atoms. The standard InChI is InChI=1S/C11H15ClN2O3S2/c12-9-1-2-10(18-9)19(16,17)14-4-8-3-13-5-11(8,6-14)7-15/h1-2,8,13,15H,3-7H2. The molecule has 106 valence electrons. The highest BCUT2D eigenvalue weighted by atomic mass is 35.5. The predicted octanol–water partition coefficient (Wildman–Crippen LogP) is 0.604. The Labute approximate surface area is 121 Å². The second kappa shape index (κ2) is 4.68. The van der Waals surface area contributed by atoms with Gasteiger partial charge in [0, 0.05) is 25.0 Å². The lowest BCUT2D eigenvalue weighted by Crippen LogP contribution is -2.37. The zero-order valence-corrected chi connectivity index (χ0v) is 12.6. The first-order chi connectivity index (χ1) is 8.98. The van der Waals surface area contributed by atoms with Crippen LogP contribution in [0, 0.1) is 11.3 Å². The van der Waals surface area contributed by atoms with E-state index in [1.165, 1.54) is 4.31 Å². The number of aliphatic hydroxyl groups is 1. The molecule has 2 aliphatic rings. The molecule has 5 nitrogen and oxygen atoms in total. The fourth-order valence-corrected chi connectivity index (χ4v) is 6.16. The van der Waals surface area contributed by atoms with Gasteiger partial charge in [-0.15, -0.1) is 11.3 Å². The van der Waals surface area contributed by atoms with Crippen molar-refractivity contribution in [1.82, 2.24) is 9.62 Å². The summed E-state index contributed by atoms with van der Waals surface area (Å²) < 4.78 is 27.3. The molecule has 2 fully saturated rings. The van der Waals surface area contributed by atoms with Crippen LogP contribution in [-0.4, -0.2) is 50.6 Å². The van der Waals surface area contributed by atoms with Gasteiger partial charge in [0.25, 0.3) is 10.0 Å². The third-order valence-electron chi connectivity index (χ3n) is 4.11. The predicted molar refractivity (Wildman–Crippen MR) is 74.0 cm³/mol. The van der Waals surface area contributed by atoms with Gasteiger partial charge in [0.2, 0.25) is 0 Å². The van der Waals surface area contributed by atoms with E-state index in [4.69, 9.17) is 11.6 Å². The minimum absolute atomic E-state index is 0.0158. The minimum Gasteiger partial charge on any atom is -0.396 e. The molecule has 0 saturated carbocycles. The molecule has 3 rings (SSSR count). The Morgan fingerprint density at radius 2 is 2.37 bits per heavy atom. The van der Waals surface area contributed by atoms with E-state index in [0.717, 1.165) is 17.9 Å². The second-order valence-corrected chi connectivity index (χ2v) is 9.08. The Hall–Kier alpha value is -0.180. The van der Waals surface area contributed by atoms with Gasteiger partial charge in [0.1, 0.15) is 4.21 Å². The lowest BCUT2D eigenvalue weighted by Gasteiger charge is -2.24. The monoisotopic (exact) mass is 322 g/mol. The molecule has 0 bridgehead atoms. The lowest BCUT2D eigenvalue weighted by molar-refractivity contribution is 0.130. The van der Waals surface area contributed by atoms with Crippen molar-refractivity contribution in [3.05, 3.63) is 16.5 Å². The van der Waals surface area contributed by atoms with Crippen molar-refractivity contribution in [3.8, 4) is 0 Å². The van der Waals surface area contributed by atoms with Crippen molar-refractivity contribution in [1.29, 1.82) is 0 Å². The average molecular weight is 323 g/mol. The minimum atomic E-state index is -3.48. The van der Waals surface area contributed by atoms with Crippen LogP contribution < -0.4 is 5.32 Å². The van der Waals surface area contributed by atoms with Crippen molar-refractivity contribution in [2.45, 2.75) is 4.21 Å². The van der Waals surface area contributed by atoms with Gasteiger partial charge in [-0.1, -0.05) is 11.6 Å². The third kappa shape index (κ3) is 2.12. The van der Waals surface area contributed by atoms with E-state index < -0.39 is 10.0 Å². The molecular formula is C11H15ClN2O3S2. The van der Waals surface area contributed by atoms with Crippen molar-refractivity contribution in [2.24, 2.45) is 11.3 Å². The average Bonchev–Trinajstić information content (AvgIpc) is 3.01. The van der Waals surface area contributed by atoms with Crippen molar-refractivity contribution < 1.29 is 13.5 Å². The summed E-state index contributed by atoms with van der Waals surface area (Å²) in [4.78, 5) is 0. The first kappa shape index (κ1) is 13.8. The first-order valence-corrected chi connectivity index (χ1v) is 8.68. The molecule has 2 atom stereocenters. The maximum atomic E-state index is 12.5. The van der Waals surface area contributed by atoms with Gasteiger partial charge >= 0.3 is 0 Å². The number of rotatable bonds is 3. The van der Waals surface area contributed by atoms with Crippen LogP contribution >= 0.6 is 22.9 Å². The topological polar surface area (TPSA) is 69.6 Å². The van der Waals surface area contributed by atoms with Gasteiger partial charge in [-0.2, -0.15) is 4.31 Å². The maximum absolute atomic E-state index is 12.5. The number of fused-ring (bicyclic) bond motifs is 1. The Morgan fingerprint density at radius 3 is 2.95 bits per heavy atom. The van der Waals surface area contributed by atoms with Gasteiger partial charge in [-0.3, -0.25) is 0 Å². The highest BCUT2D eigenvalue weighted by Crippen LogP contribution is 2.41. The van der Waals surface area contributed by atoms with E-state index in [-0.39, 0.29) is 22.1 Å². The Morgan fingerprint density at radius 1 is 1.58 bits per heavy atom. The summed E-state index contributed by atoms with van der Waals surface area (Å²) in [5.41, 5.74) is -0.325. The van der Waals surface area contributed by atoms with Crippen LogP contribution in [0.15, 0.2) is 16.3 Å². The zero-order chi connectivity index (χ0) is 13.7. The van der Waals surface area contributed by atoms with E-state index in [0.29, 0.717) is 24.0 Å². The molecule has 2 N–H and O–H groups in total. The van der Waals surface area contributed by atoms with Crippen LogP contribution in [-0.2, 0) is 10.0 Å². The molecule has 0 aromatic carbocycles. The van der Waals surface area contributed by atoms with Gasteiger partial charge in [-0.25, -0.2) is 8.42 Å². The summed E-state index contributed by atoms with van der Waals surface area (Å²) in [5.74, 6) is 0.183. The molecule has 2 aliphatic heterocycles. The van der Waals surface area contributed by atoms with Crippen molar-refractivity contribution in [3.63, 3.8) is 0 Å². The van der Waals surface area contributed by atoms with Crippen LogP contribution in [0.25, 0.3) is 0 Å². The fraction of sp³-hybridized carbons (Fsp3) is 0.636. The number of hydrogen-bond donors (Lipinski definition) is 2. The molecule has 0 aliphatic carbocycles. The molecule has 1 aromatic rings. The van der Waals surface area contributed by atoms with Crippen molar-refractivity contribution >= 4 is 33.0 Å². The second-order valence-electron chi connectivity index (χ2n) is 5.20. The van der Waals surface area contributed by atoms with Gasteiger partial charge in [0.05, 0.1) is 10.9 Å². The molecule has 8 heteroatoms. The summed E-state index contributed by atoms with van der Waals surface area (Å²) in [6.07, 6.45) is 0. The number of thiophene rings is 1.